The Kier molecular flexibility index (Phi) is 5.34. The Morgan fingerprint density at radius 3 is 2.56 bits per heavy atom. The fraction of sp³-hybridized carbons (Fsp3) is 0.619. The lowest BCUT2D eigenvalue weighted by molar-refractivity contribution is -0.146. The number of carbonyl (C=O) groups is 2. The van der Waals surface area contributed by atoms with Crippen LogP contribution in [0.25, 0.3) is 0 Å². The van der Waals surface area contributed by atoms with Gasteiger partial charge in [0.1, 0.15) is 11.9 Å². The van der Waals surface area contributed by atoms with Gasteiger partial charge in [-0.1, -0.05) is 6.07 Å². The molecule has 0 bridgehead atoms. The number of rotatable bonds is 3. The van der Waals surface area contributed by atoms with Gasteiger partial charge in [-0.2, -0.15) is 0 Å². The molecule has 6 heteroatoms. The van der Waals surface area contributed by atoms with Gasteiger partial charge in [-0.3, -0.25) is 9.59 Å². The lowest BCUT2D eigenvalue weighted by atomic mass is 9.92. The maximum absolute atomic E-state index is 13.0. The van der Waals surface area contributed by atoms with E-state index in [9.17, 15) is 9.59 Å². The second-order valence-corrected chi connectivity index (χ2v) is 7.75. The number of carbonyl (C=O) groups excluding carboxylic acids is 2. The summed E-state index contributed by atoms with van der Waals surface area (Å²) in [6.45, 7) is 3.45. The summed E-state index contributed by atoms with van der Waals surface area (Å²) in [7, 11) is 1.68. The maximum Gasteiger partial charge on any atom is 0.251 e. The van der Waals surface area contributed by atoms with Gasteiger partial charge in [0, 0.05) is 38.7 Å². The van der Waals surface area contributed by atoms with E-state index < -0.39 is 0 Å². The van der Waals surface area contributed by atoms with Crippen molar-refractivity contribution in [2.75, 3.05) is 33.4 Å². The van der Waals surface area contributed by atoms with E-state index >= 15 is 0 Å². The molecule has 2 amide bonds. The molecule has 3 aliphatic heterocycles. The lowest BCUT2D eigenvalue weighted by Crippen LogP contribution is -2.47. The van der Waals surface area contributed by atoms with E-state index in [1.165, 1.54) is 11.1 Å². The molecular formula is C21H28N2O4. The van der Waals surface area contributed by atoms with Gasteiger partial charge in [0.2, 0.25) is 5.91 Å². The number of hydrogen-bond donors (Lipinski definition) is 0. The van der Waals surface area contributed by atoms with Crippen LogP contribution < -0.4 is 4.74 Å². The summed E-state index contributed by atoms with van der Waals surface area (Å²) in [5.74, 6) is 1.25. The van der Waals surface area contributed by atoms with E-state index in [1.807, 2.05) is 15.9 Å². The van der Waals surface area contributed by atoms with Gasteiger partial charge in [0.25, 0.3) is 5.91 Å². The minimum Gasteiger partial charge on any atom is -0.497 e. The number of ether oxygens (including phenoxy) is 2. The quantitative estimate of drug-likeness (QED) is 0.814. The highest BCUT2D eigenvalue weighted by Crippen LogP contribution is 2.27. The van der Waals surface area contributed by atoms with Crippen molar-refractivity contribution in [3.8, 4) is 5.75 Å². The van der Waals surface area contributed by atoms with Crippen LogP contribution in [0.2, 0.25) is 0 Å². The molecule has 2 saturated heterocycles. The average Bonchev–Trinajstić information content (AvgIpc) is 3.27. The monoisotopic (exact) mass is 372 g/mol. The number of benzene rings is 1. The van der Waals surface area contributed by atoms with Crippen LogP contribution in [0.3, 0.4) is 0 Å². The third-order valence-electron chi connectivity index (χ3n) is 6.10. The Morgan fingerprint density at radius 1 is 1.04 bits per heavy atom. The fourth-order valence-corrected chi connectivity index (χ4v) is 4.43. The van der Waals surface area contributed by atoms with Crippen LogP contribution >= 0.6 is 0 Å². The molecular weight excluding hydrogens is 344 g/mol. The highest BCUT2D eigenvalue weighted by atomic mass is 16.5. The minimum atomic E-state index is -0.257. The van der Waals surface area contributed by atoms with E-state index in [4.69, 9.17) is 9.47 Å². The molecule has 0 unspecified atom stereocenters. The number of methoxy groups -OCH3 is 1. The zero-order valence-electron chi connectivity index (χ0n) is 16.0. The second kappa shape index (κ2) is 7.89. The highest BCUT2D eigenvalue weighted by Gasteiger charge is 2.34. The van der Waals surface area contributed by atoms with Crippen molar-refractivity contribution in [3.05, 3.63) is 29.3 Å². The first-order valence-corrected chi connectivity index (χ1v) is 10.0. The van der Waals surface area contributed by atoms with Gasteiger partial charge in [-0.25, -0.2) is 0 Å². The zero-order valence-corrected chi connectivity index (χ0v) is 16.0. The molecule has 1 atom stereocenters. The van der Waals surface area contributed by atoms with Crippen molar-refractivity contribution in [3.63, 3.8) is 0 Å². The van der Waals surface area contributed by atoms with E-state index in [-0.39, 0.29) is 23.8 Å². The molecule has 0 aromatic heterocycles. The summed E-state index contributed by atoms with van der Waals surface area (Å²) in [6, 6.07) is 6.10. The summed E-state index contributed by atoms with van der Waals surface area (Å²) < 4.78 is 10.8. The van der Waals surface area contributed by atoms with Crippen LogP contribution in [0, 0.1) is 5.92 Å². The molecule has 0 N–H and O–H groups in total. The molecule has 3 heterocycles. The van der Waals surface area contributed by atoms with E-state index in [2.05, 4.69) is 12.1 Å². The minimum absolute atomic E-state index is 0.0262. The number of likely N-dealkylation sites (tertiary alicyclic amines) is 1. The SMILES string of the molecule is COc1ccc2c(c1)CCN(C(=O)C1CCN(C(=O)[C@H]3CCCO3)CC1)C2. The Bertz CT molecular complexity index is 706. The predicted molar refractivity (Wildman–Crippen MR) is 100 cm³/mol. The molecule has 0 aliphatic carbocycles. The third-order valence-corrected chi connectivity index (χ3v) is 6.10. The third kappa shape index (κ3) is 3.81. The molecule has 27 heavy (non-hydrogen) atoms. The van der Waals surface area contributed by atoms with Gasteiger partial charge >= 0.3 is 0 Å². The fourth-order valence-electron chi connectivity index (χ4n) is 4.43. The molecule has 0 radical (unpaired) electrons. The Labute approximate surface area is 160 Å². The lowest BCUT2D eigenvalue weighted by Gasteiger charge is -2.36. The van der Waals surface area contributed by atoms with Crippen LogP contribution in [-0.4, -0.2) is 61.1 Å². The summed E-state index contributed by atoms with van der Waals surface area (Å²) in [5, 5.41) is 0. The van der Waals surface area contributed by atoms with Crippen LogP contribution in [0.5, 0.6) is 5.75 Å². The molecule has 0 saturated carbocycles. The first-order chi connectivity index (χ1) is 13.2. The van der Waals surface area contributed by atoms with E-state index in [0.717, 1.165) is 44.4 Å². The van der Waals surface area contributed by atoms with Crippen LogP contribution in [0.1, 0.15) is 36.8 Å². The topological polar surface area (TPSA) is 59.1 Å². The summed E-state index contributed by atoms with van der Waals surface area (Å²) >= 11 is 0. The molecule has 6 nitrogen and oxygen atoms in total. The summed E-state index contributed by atoms with van der Waals surface area (Å²) in [6.07, 6.45) is 3.91. The van der Waals surface area contributed by atoms with E-state index in [1.54, 1.807) is 7.11 Å². The van der Waals surface area contributed by atoms with Crippen molar-refractivity contribution in [2.24, 2.45) is 5.92 Å². The largest absolute Gasteiger partial charge is 0.497 e. The number of amides is 2. The summed E-state index contributed by atoms with van der Waals surface area (Å²) in [5.41, 5.74) is 2.48. The van der Waals surface area contributed by atoms with Gasteiger partial charge in [0.15, 0.2) is 0 Å². The van der Waals surface area contributed by atoms with Gasteiger partial charge in [0.05, 0.1) is 7.11 Å². The average molecular weight is 372 g/mol. The van der Waals surface area contributed by atoms with Crippen LogP contribution in [0.4, 0.5) is 0 Å². The van der Waals surface area contributed by atoms with Crippen molar-refractivity contribution >= 4 is 11.8 Å². The van der Waals surface area contributed by atoms with E-state index in [0.29, 0.717) is 26.2 Å². The van der Waals surface area contributed by atoms with Crippen LogP contribution in [0.15, 0.2) is 18.2 Å². The van der Waals surface area contributed by atoms with Gasteiger partial charge in [-0.05, 0) is 55.4 Å². The van der Waals surface area contributed by atoms with Gasteiger partial charge in [-0.15, -0.1) is 0 Å². The number of nitrogens with zero attached hydrogens (tertiary/aromatic N) is 2. The normalized spacial score (nSPS) is 23.2. The first kappa shape index (κ1) is 18.3. The smallest absolute Gasteiger partial charge is 0.251 e. The molecule has 146 valence electrons. The Balaban J connectivity index is 1.32. The number of hydrogen-bond acceptors (Lipinski definition) is 4. The highest BCUT2D eigenvalue weighted by molar-refractivity contribution is 5.82. The number of piperidine rings is 1. The molecule has 1 aromatic carbocycles. The molecule has 3 aliphatic rings. The van der Waals surface area contributed by atoms with Crippen molar-refractivity contribution in [1.29, 1.82) is 0 Å². The molecule has 4 rings (SSSR count). The standard InChI is InChI=1S/C21H28N2O4/c1-26-18-5-4-17-14-23(11-8-16(17)13-18)20(24)15-6-9-22(10-7-15)21(25)19-3-2-12-27-19/h4-5,13,15,19H,2-3,6-12,14H2,1H3/t19-/m1/s1. The molecule has 2 fully saturated rings. The zero-order chi connectivity index (χ0) is 18.8. The van der Waals surface area contributed by atoms with Crippen molar-refractivity contribution in [1.82, 2.24) is 9.80 Å². The Hall–Kier alpha value is -2.08. The van der Waals surface area contributed by atoms with Crippen LogP contribution in [-0.2, 0) is 27.3 Å². The summed E-state index contributed by atoms with van der Waals surface area (Å²) in [4.78, 5) is 29.3. The van der Waals surface area contributed by atoms with Crippen molar-refractivity contribution in [2.45, 2.75) is 44.8 Å². The molecule has 1 aromatic rings. The first-order valence-electron chi connectivity index (χ1n) is 10.0. The molecule has 0 spiro atoms. The maximum atomic E-state index is 13.0. The Morgan fingerprint density at radius 2 is 1.85 bits per heavy atom. The van der Waals surface area contributed by atoms with Gasteiger partial charge < -0.3 is 19.3 Å². The van der Waals surface area contributed by atoms with Crippen molar-refractivity contribution < 1.29 is 19.1 Å². The number of fused-ring (bicyclic) bond motifs is 1. The second-order valence-electron chi connectivity index (χ2n) is 7.75. The predicted octanol–water partition coefficient (Wildman–Crippen LogP) is 2.00.